The molecule has 0 unspecified atom stereocenters. The van der Waals surface area contributed by atoms with Crippen LogP contribution in [0.25, 0.3) is 0 Å². The summed E-state index contributed by atoms with van der Waals surface area (Å²) in [6.45, 7) is 7.65. The van der Waals surface area contributed by atoms with E-state index < -0.39 is 0 Å². The highest BCUT2D eigenvalue weighted by atomic mass is 35.5. The normalized spacial score (nSPS) is 16.7. The van der Waals surface area contributed by atoms with Gasteiger partial charge in [-0.25, -0.2) is 9.97 Å². The van der Waals surface area contributed by atoms with Gasteiger partial charge in [-0.3, -0.25) is 4.79 Å². The molecule has 2 heterocycles. The van der Waals surface area contributed by atoms with Crippen molar-refractivity contribution >= 4 is 23.3 Å². The summed E-state index contributed by atoms with van der Waals surface area (Å²) in [4.78, 5) is 26.8. The van der Waals surface area contributed by atoms with Crippen molar-refractivity contribution in [1.29, 1.82) is 0 Å². The number of piperazine rings is 1. The third-order valence-corrected chi connectivity index (χ3v) is 6.33. The Balaban J connectivity index is 1.63. The van der Waals surface area contributed by atoms with E-state index in [1.54, 1.807) is 7.11 Å². The molecule has 1 amide bonds. The van der Waals surface area contributed by atoms with Gasteiger partial charge >= 0.3 is 0 Å². The van der Waals surface area contributed by atoms with Gasteiger partial charge in [0.25, 0.3) is 0 Å². The number of hydrogen-bond donors (Lipinski definition) is 0. The molecule has 2 fully saturated rings. The fourth-order valence-electron chi connectivity index (χ4n) is 4.26. The number of methoxy groups -OCH3 is 1. The molecule has 1 aliphatic carbocycles. The zero-order chi connectivity index (χ0) is 22.7. The summed E-state index contributed by atoms with van der Waals surface area (Å²) in [5.41, 5.74) is 3.18. The molecule has 7 heteroatoms. The summed E-state index contributed by atoms with van der Waals surface area (Å²) in [6, 6.07) is 7.96. The molecule has 0 spiro atoms. The van der Waals surface area contributed by atoms with Crippen molar-refractivity contribution in [2.45, 2.75) is 52.1 Å². The third kappa shape index (κ3) is 5.59. The number of halogens is 1. The van der Waals surface area contributed by atoms with Crippen LogP contribution >= 0.6 is 11.6 Å². The molecular weight excluding hydrogens is 424 g/mol. The van der Waals surface area contributed by atoms with Gasteiger partial charge in [-0.15, -0.1) is 0 Å². The monoisotopic (exact) mass is 456 g/mol. The zero-order valence-electron chi connectivity index (χ0n) is 19.3. The molecule has 4 rings (SSSR count). The third-order valence-electron chi connectivity index (χ3n) is 6.10. The van der Waals surface area contributed by atoms with Crippen molar-refractivity contribution in [2.75, 3.05) is 38.2 Å². The van der Waals surface area contributed by atoms with Gasteiger partial charge in [-0.2, -0.15) is 0 Å². The van der Waals surface area contributed by atoms with Crippen LogP contribution in [0.4, 0.5) is 5.82 Å². The van der Waals surface area contributed by atoms with Crippen molar-refractivity contribution in [3.8, 4) is 0 Å². The second kappa shape index (κ2) is 10.2. The first-order valence-electron chi connectivity index (χ1n) is 11.6. The fourth-order valence-corrected chi connectivity index (χ4v) is 4.47. The standard InChI is InChI=1S/C25H33ClN4O2/c1-17(2)13-23(31)29-9-11-30(12-10-29)25-21(15-18-5-4-6-20(26)14-18)22(16-32-3)27-24(28-25)19-7-8-19/h4-6,14,17,19H,7-13,15-16H2,1-3H3. The van der Waals surface area contributed by atoms with Crippen molar-refractivity contribution in [3.05, 3.63) is 51.9 Å². The summed E-state index contributed by atoms with van der Waals surface area (Å²) in [5.74, 6) is 3.01. The lowest BCUT2D eigenvalue weighted by molar-refractivity contribution is -0.132. The van der Waals surface area contributed by atoms with Crippen molar-refractivity contribution < 1.29 is 9.53 Å². The molecule has 0 atom stereocenters. The number of rotatable bonds is 8. The molecule has 2 aliphatic rings. The summed E-state index contributed by atoms with van der Waals surface area (Å²) in [6.07, 6.45) is 3.61. The Bertz CT molecular complexity index is 953. The lowest BCUT2D eigenvalue weighted by Gasteiger charge is -2.37. The largest absolute Gasteiger partial charge is 0.378 e. The van der Waals surface area contributed by atoms with Gasteiger partial charge in [0.1, 0.15) is 11.6 Å². The predicted molar refractivity (Wildman–Crippen MR) is 127 cm³/mol. The zero-order valence-corrected chi connectivity index (χ0v) is 20.1. The van der Waals surface area contributed by atoms with E-state index in [1.807, 2.05) is 23.1 Å². The van der Waals surface area contributed by atoms with E-state index in [9.17, 15) is 4.79 Å². The quantitative estimate of drug-likeness (QED) is 0.587. The predicted octanol–water partition coefficient (Wildman–Crippen LogP) is 4.44. The van der Waals surface area contributed by atoms with Crippen LogP contribution in [-0.4, -0.2) is 54.1 Å². The molecule has 0 N–H and O–H groups in total. The SMILES string of the molecule is COCc1nc(C2CC2)nc(N2CCN(C(=O)CC(C)C)CC2)c1Cc1cccc(Cl)c1. The first-order valence-corrected chi connectivity index (χ1v) is 12.0. The van der Waals surface area contributed by atoms with E-state index in [1.165, 1.54) is 0 Å². The van der Waals surface area contributed by atoms with Crippen LogP contribution in [0.5, 0.6) is 0 Å². The van der Waals surface area contributed by atoms with Gasteiger partial charge in [-0.1, -0.05) is 37.6 Å². The lowest BCUT2D eigenvalue weighted by atomic mass is 10.0. The molecule has 172 valence electrons. The summed E-state index contributed by atoms with van der Waals surface area (Å²) >= 11 is 6.25. The van der Waals surface area contributed by atoms with Crippen LogP contribution in [0.3, 0.4) is 0 Å². The Morgan fingerprint density at radius 3 is 2.56 bits per heavy atom. The van der Waals surface area contributed by atoms with Crippen LogP contribution in [0.2, 0.25) is 5.02 Å². The van der Waals surface area contributed by atoms with Gasteiger partial charge in [0, 0.05) is 62.6 Å². The van der Waals surface area contributed by atoms with Crippen molar-refractivity contribution in [1.82, 2.24) is 14.9 Å². The minimum absolute atomic E-state index is 0.250. The molecule has 1 saturated carbocycles. The molecule has 2 aromatic rings. The number of hydrogen-bond acceptors (Lipinski definition) is 5. The van der Waals surface area contributed by atoms with Crippen LogP contribution in [0, 0.1) is 5.92 Å². The first kappa shape index (κ1) is 23.0. The number of carbonyl (C=O) groups excluding carboxylic acids is 1. The van der Waals surface area contributed by atoms with E-state index in [-0.39, 0.29) is 5.91 Å². The van der Waals surface area contributed by atoms with Gasteiger partial charge in [0.05, 0.1) is 12.3 Å². The van der Waals surface area contributed by atoms with E-state index in [4.69, 9.17) is 26.3 Å². The number of ether oxygens (including phenoxy) is 1. The fraction of sp³-hybridized carbons (Fsp3) is 0.560. The number of carbonyl (C=O) groups is 1. The smallest absolute Gasteiger partial charge is 0.222 e. The average Bonchev–Trinajstić information content (AvgIpc) is 3.60. The maximum Gasteiger partial charge on any atom is 0.222 e. The first-order chi connectivity index (χ1) is 15.4. The minimum Gasteiger partial charge on any atom is -0.378 e. The Kier molecular flexibility index (Phi) is 7.31. The van der Waals surface area contributed by atoms with E-state index in [0.717, 1.165) is 72.5 Å². The number of nitrogens with zero attached hydrogens (tertiary/aromatic N) is 4. The highest BCUT2D eigenvalue weighted by Crippen LogP contribution is 2.40. The summed E-state index contributed by atoms with van der Waals surface area (Å²) in [5, 5.41) is 0.727. The molecule has 1 aromatic carbocycles. The van der Waals surface area contributed by atoms with Crippen molar-refractivity contribution in [3.63, 3.8) is 0 Å². The number of amides is 1. The molecule has 1 aromatic heterocycles. The molecular formula is C25H33ClN4O2. The topological polar surface area (TPSA) is 58.6 Å². The number of aromatic nitrogens is 2. The second-order valence-electron chi connectivity index (χ2n) is 9.31. The molecule has 0 radical (unpaired) electrons. The Morgan fingerprint density at radius 1 is 1.19 bits per heavy atom. The molecule has 1 aliphatic heterocycles. The van der Waals surface area contributed by atoms with E-state index >= 15 is 0 Å². The molecule has 32 heavy (non-hydrogen) atoms. The van der Waals surface area contributed by atoms with Gasteiger partial charge < -0.3 is 14.5 Å². The van der Waals surface area contributed by atoms with Crippen LogP contribution in [-0.2, 0) is 22.6 Å². The summed E-state index contributed by atoms with van der Waals surface area (Å²) < 4.78 is 5.53. The van der Waals surface area contributed by atoms with Gasteiger partial charge in [0.15, 0.2) is 0 Å². The van der Waals surface area contributed by atoms with Gasteiger partial charge in [-0.05, 0) is 36.5 Å². The van der Waals surface area contributed by atoms with E-state index in [2.05, 4.69) is 24.8 Å². The highest BCUT2D eigenvalue weighted by Gasteiger charge is 2.31. The molecule has 0 bridgehead atoms. The lowest BCUT2D eigenvalue weighted by Crippen LogP contribution is -2.49. The maximum absolute atomic E-state index is 12.5. The highest BCUT2D eigenvalue weighted by molar-refractivity contribution is 6.30. The van der Waals surface area contributed by atoms with Crippen LogP contribution in [0.15, 0.2) is 24.3 Å². The molecule has 6 nitrogen and oxygen atoms in total. The second-order valence-corrected chi connectivity index (χ2v) is 9.75. The number of benzene rings is 1. The minimum atomic E-state index is 0.250. The van der Waals surface area contributed by atoms with Crippen LogP contribution in [0.1, 0.15) is 61.7 Å². The Labute approximate surface area is 195 Å². The Morgan fingerprint density at radius 2 is 1.94 bits per heavy atom. The van der Waals surface area contributed by atoms with Crippen molar-refractivity contribution in [2.24, 2.45) is 5.92 Å². The van der Waals surface area contributed by atoms with Gasteiger partial charge in [0.2, 0.25) is 5.91 Å². The maximum atomic E-state index is 12.5. The van der Waals surface area contributed by atoms with Crippen LogP contribution < -0.4 is 4.90 Å². The molecule has 1 saturated heterocycles. The Hall–Kier alpha value is -2.18. The summed E-state index contributed by atoms with van der Waals surface area (Å²) in [7, 11) is 1.71. The number of anilines is 1. The van der Waals surface area contributed by atoms with E-state index in [0.29, 0.717) is 31.3 Å². The average molecular weight is 457 g/mol.